The van der Waals surface area contributed by atoms with Gasteiger partial charge in [-0.3, -0.25) is 4.79 Å². The molecule has 19 heavy (non-hydrogen) atoms. The zero-order chi connectivity index (χ0) is 13.8. The van der Waals surface area contributed by atoms with Crippen LogP contribution in [-0.4, -0.2) is 19.9 Å². The van der Waals surface area contributed by atoms with Crippen molar-refractivity contribution >= 4 is 17.5 Å². The molecule has 0 fully saturated rings. The minimum absolute atomic E-state index is 0.121. The molecule has 0 atom stereocenters. The van der Waals surface area contributed by atoms with E-state index in [1.807, 2.05) is 50.2 Å². The van der Waals surface area contributed by atoms with Crippen molar-refractivity contribution in [3.63, 3.8) is 0 Å². The van der Waals surface area contributed by atoms with E-state index in [2.05, 4.69) is 0 Å². The first kappa shape index (κ1) is 13.1. The van der Waals surface area contributed by atoms with Crippen LogP contribution in [0.1, 0.15) is 21.9 Å². The Labute approximate surface area is 113 Å². The number of nitrogens with zero attached hydrogens (tertiary/aromatic N) is 1. The van der Waals surface area contributed by atoms with Gasteiger partial charge in [0.1, 0.15) is 5.76 Å². The molecule has 0 bridgehead atoms. The molecule has 1 aromatic carbocycles. The third-order valence-corrected chi connectivity index (χ3v) is 2.82. The fraction of sp³-hybridized carbons (Fsp3) is 0.188. The number of aryl methyl sites for hydroxylation is 1. The van der Waals surface area contributed by atoms with Gasteiger partial charge in [-0.15, -0.1) is 0 Å². The number of allylic oxidation sites excluding steroid dienone is 1. The fourth-order valence-corrected chi connectivity index (χ4v) is 1.70. The van der Waals surface area contributed by atoms with Crippen LogP contribution in [0.15, 0.2) is 46.9 Å². The second-order valence-electron chi connectivity index (χ2n) is 4.59. The van der Waals surface area contributed by atoms with Crippen LogP contribution in [0.25, 0.3) is 6.08 Å². The zero-order valence-corrected chi connectivity index (χ0v) is 11.4. The Bertz CT molecular complexity index is 591. The molecule has 0 saturated carbocycles. The van der Waals surface area contributed by atoms with Gasteiger partial charge in [-0.05, 0) is 42.8 Å². The number of rotatable bonds is 4. The van der Waals surface area contributed by atoms with Crippen molar-refractivity contribution in [1.82, 2.24) is 0 Å². The maximum Gasteiger partial charge on any atom is 0.221 e. The van der Waals surface area contributed by atoms with Gasteiger partial charge in [0, 0.05) is 19.8 Å². The average Bonchev–Trinajstić information content (AvgIpc) is 2.83. The lowest BCUT2D eigenvalue weighted by molar-refractivity contribution is 0.102. The van der Waals surface area contributed by atoms with Crippen LogP contribution in [0.3, 0.4) is 0 Å². The van der Waals surface area contributed by atoms with Crippen molar-refractivity contribution in [1.29, 1.82) is 0 Å². The lowest BCUT2D eigenvalue weighted by Gasteiger charge is -2.11. The van der Waals surface area contributed by atoms with Gasteiger partial charge in [0.15, 0.2) is 5.76 Å². The summed E-state index contributed by atoms with van der Waals surface area (Å²) in [6.07, 6.45) is 3.32. The lowest BCUT2D eigenvalue weighted by Crippen LogP contribution is -2.07. The van der Waals surface area contributed by atoms with Crippen LogP contribution in [0, 0.1) is 6.92 Å². The molecular weight excluding hydrogens is 238 g/mol. The largest absolute Gasteiger partial charge is 0.458 e. The smallest absolute Gasteiger partial charge is 0.221 e. The second-order valence-corrected chi connectivity index (χ2v) is 4.59. The van der Waals surface area contributed by atoms with Crippen molar-refractivity contribution in [2.24, 2.45) is 0 Å². The van der Waals surface area contributed by atoms with Crippen molar-refractivity contribution in [3.05, 3.63) is 59.6 Å². The highest BCUT2D eigenvalue weighted by molar-refractivity contribution is 6.04. The highest BCUT2D eigenvalue weighted by atomic mass is 16.3. The number of furan rings is 1. The molecule has 0 aliphatic heterocycles. The molecule has 0 spiro atoms. The quantitative estimate of drug-likeness (QED) is 0.619. The van der Waals surface area contributed by atoms with Crippen LogP contribution in [0.2, 0.25) is 0 Å². The van der Waals surface area contributed by atoms with E-state index >= 15 is 0 Å². The highest BCUT2D eigenvalue weighted by Crippen LogP contribution is 2.14. The summed E-state index contributed by atoms with van der Waals surface area (Å²) in [5.74, 6) is 0.996. The first-order chi connectivity index (χ1) is 9.06. The number of hydrogen-bond acceptors (Lipinski definition) is 3. The summed E-state index contributed by atoms with van der Waals surface area (Å²) in [6.45, 7) is 1.82. The lowest BCUT2D eigenvalue weighted by atomic mass is 10.1. The first-order valence-electron chi connectivity index (χ1n) is 6.12. The van der Waals surface area contributed by atoms with Gasteiger partial charge in [0.05, 0.1) is 0 Å². The molecule has 3 nitrogen and oxygen atoms in total. The molecule has 2 rings (SSSR count). The number of carbonyl (C=O) groups excluding carboxylic acids is 1. The van der Waals surface area contributed by atoms with E-state index in [-0.39, 0.29) is 5.78 Å². The summed E-state index contributed by atoms with van der Waals surface area (Å²) in [5.41, 5.74) is 2.12. The number of hydrogen-bond donors (Lipinski definition) is 0. The summed E-state index contributed by atoms with van der Waals surface area (Å²) < 4.78 is 5.28. The minimum Gasteiger partial charge on any atom is -0.458 e. The van der Waals surface area contributed by atoms with Crippen LogP contribution in [-0.2, 0) is 0 Å². The molecule has 0 aliphatic rings. The molecule has 0 radical (unpaired) electrons. The van der Waals surface area contributed by atoms with Gasteiger partial charge in [0.25, 0.3) is 0 Å². The number of ketones is 1. The zero-order valence-electron chi connectivity index (χ0n) is 11.4. The molecule has 0 saturated heterocycles. The standard InChI is InChI=1S/C16H17NO2/c1-12-4-11-16(19-12)15(18)10-7-13-5-8-14(9-6-13)17(2)3/h4-11H,1-3H3. The van der Waals surface area contributed by atoms with E-state index < -0.39 is 0 Å². The molecule has 0 amide bonds. The maximum atomic E-state index is 11.8. The Morgan fingerprint density at radius 3 is 2.32 bits per heavy atom. The Morgan fingerprint density at radius 1 is 1.11 bits per heavy atom. The van der Waals surface area contributed by atoms with Crippen LogP contribution in [0.5, 0.6) is 0 Å². The summed E-state index contributed by atoms with van der Waals surface area (Å²) >= 11 is 0. The second kappa shape index (κ2) is 5.57. The van der Waals surface area contributed by atoms with Crippen molar-refractivity contribution in [2.75, 3.05) is 19.0 Å². The normalized spacial score (nSPS) is 10.9. The summed E-state index contributed by atoms with van der Waals surface area (Å²) in [6, 6.07) is 11.5. The summed E-state index contributed by atoms with van der Waals surface area (Å²) in [4.78, 5) is 13.8. The van der Waals surface area contributed by atoms with Gasteiger partial charge in [-0.25, -0.2) is 0 Å². The third kappa shape index (κ3) is 3.35. The van der Waals surface area contributed by atoms with Gasteiger partial charge < -0.3 is 9.32 Å². The molecule has 1 heterocycles. The molecule has 0 unspecified atom stereocenters. The van der Waals surface area contributed by atoms with Crippen molar-refractivity contribution < 1.29 is 9.21 Å². The predicted octanol–water partition coefficient (Wildman–Crippen LogP) is 3.55. The molecule has 2 aromatic rings. The fourth-order valence-electron chi connectivity index (χ4n) is 1.70. The highest BCUT2D eigenvalue weighted by Gasteiger charge is 2.05. The van der Waals surface area contributed by atoms with Gasteiger partial charge in [0.2, 0.25) is 5.78 Å². The Balaban J connectivity index is 2.08. The number of anilines is 1. The van der Waals surface area contributed by atoms with Crippen molar-refractivity contribution in [2.45, 2.75) is 6.92 Å². The summed E-state index contributed by atoms with van der Waals surface area (Å²) in [7, 11) is 3.99. The number of benzene rings is 1. The van der Waals surface area contributed by atoms with E-state index in [4.69, 9.17) is 4.42 Å². The van der Waals surface area contributed by atoms with Gasteiger partial charge >= 0.3 is 0 Å². The molecule has 1 aromatic heterocycles. The Morgan fingerprint density at radius 2 is 1.79 bits per heavy atom. The van der Waals surface area contributed by atoms with E-state index in [0.29, 0.717) is 5.76 Å². The van der Waals surface area contributed by atoms with E-state index in [1.54, 1.807) is 18.2 Å². The monoisotopic (exact) mass is 255 g/mol. The predicted molar refractivity (Wildman–Crippen MR) is 77.6 cm³/mol. The Hall–Kier alpha value is -2.29. The molecule has 98 valence electrons. The van der Waals surface area contributed by atoms with Crippen LogP contribution in [0.4, 0.5) is 5.69 Å². The third-order valence-electron chi connectivity index (χ3n) is 2.82. The SMILES string of the molecule is Cc1ccc(C(=O)C=Cc2ccc(N(C)C)cc2)o1. The van der Waals surface area contributed by atoms with Gasteiger partial charge in [-0.2, -0.15) is 0 Å². The molecule has 3 heteroatoms. The van der Waals surface area contributed by atoms with Crippen LogP contribution >= 0.6 is 0 Å². The maximum absolute atomic E-state index is 11.8. The minimum atomic E-state index is -0.121. The average molecular weight is 255 g/mol. The Kier molecular flexibility index (Phi) is 3.85. The van der Waals surface area contributed by atoms with Gasteiger partial charge in [-0.1, -0.05) is 18.2 Å². The van der Waals surface area contributed by atoms with Crippen molar-refractivity contribution in [3.8, 4) is 0 Å². The molecule has 0 aliphatic carbocycles. The topological polar surface area (TPSA) is 33.5 Å². The molecule has 0 N–H and O–H groups in total. The van der Waals surface area contributed by atoms with Crippen LogP contribution < -0.4 is 4.90 Å². The van der Waals surface area contributed by atoms with E-state index in [0.717, 1.165) is 17.0 Å². The number of carbonyl (C=O) groups is 1. The first-order valence-corrected chi connectivity index (χ1v) is 6.12. The molecular formula is C16H17NO2. The summed E-state index contributed by atoms with van der Waals surface area (Å²) in [5, 5.41) is 0. The van der Waals surface area contributed by atoms with E-state index in [9.17, 15) is 4.79 Å². The van der Waals surface area contributed by atoms with E-state index in [1.165, 1.54) is 6.08 Å².